The van der Waals surface area contributed by atoms with Crippen molar-refractivity contribution >= 4 is 5.65 Å². The highest BCUT2D eigenvalue weighted by Crippen LogP contribution is 2.42. The molecule has 2 aliphatic rings. The third kappa shape index (κ3) is 3.82. The van der Waals surface area contributed by atoms with E-state index in [0.29, 0.717) is 32.0 Å². The van der Waals surface area contributed by atoms with Crippen molar-refractivity contribution in [2.24, 2.45) is 5.92 Å². The number of aryl methyl sites for hydroxylation is 1. The zero-order valence-electron chi connectivity index (χ0n) is 15.6. The molecule has 2 aromatic rings. The van der Waals surface area contributed by atoms with Crippen molar-refractivity contribution in [2.45, 2.75) is 63.8 Å². The van der Waals surface area contributed by atoms with Crippen LogP contribution in [0.1, 0.15) is 61.7 Å². The first-order valence-corrected chi connectivity index (χ1v) is 9.60. The lowest BCUT2D eigenvalue weighted by Gasteiger charge is -2.29. The summed E-state index contributed by atoms with van der Waals surface area (Å²) in [7, 11) is 0. The molecule has 8 heteroatoms. The van der Waals surface area contributed by atoms with Crippen LogP contribution < -0.4 is 5.32 Å². The first kappa shape index (κ1) is 18.7. The summed E-state index contributed by atoms with van der Waals surface area (Å²) in [6.07, 6.45) is -2.82. The van der Waals surface area contributed by atoms with Crippen molar-refractivity contribution in [1.29, 1.82) is 0 Å². The minimum Gasteiger partial charge on any atom is -0.369 e. The number of hydrogen-bond acceptors (Lipinski definition) is 4. The van der Waals surface area contributed by atoms with E-state index in [9.17, 15) is 13.2 Å². The van der Waals surface area contributed by atoms with Crippen LogP contribution in [0.25, 0.3) is 5.65 Å². The lowest BCUT2D eigenvalue weighted by atomic mass is 9.80. The van der Waals surface area contributed by atoms with Crippen molar-refractivity contribution < 1.29 is 17.9 Å². The number of fused-ring (bicyclic) bond motifs is 1. The molecule has 148 valence electrons. The van der Waals surface area contributed by atoms with E-state index in [1.165, 1.54) is 0 Å². The van der Waals surface area contributed by atoms with Crippen LogP contribution in [0, 0.1) is 12.8 Å². The molecule has 0 bridgehead atoms. The molecule has 0 spiro atoms. The van der Waals surface area contributed by atoms with Crippen LogP contribution >= 0.6 is 0 Å². The van der Waals surface area contributed by atoms with Gasteiger partial charge >= 0.3 is 6.18 Å². The van der Waals surface area contributed by atoms with E-state index in [1.807, 2.05) is 19.1 Å². The monoisotopic (exact) mass is 382 g/mol. The smallest absolute Gasteiger partial charge is 0.369 e. The van der Waals surface area contributed by atoms with Gasteiger partial charge in [0.15, 0.2) is 5.65 Å². The topological polar surface area (TPSA) is 51.5 Å². The highest BCUT2D eigenvalue weighted by Gasteiger charge is 2.42. The average molecular weight is 382 g/mol. The number of hydrogen-bond donors (Lipinski definition) is 1. The quantitative estimate of drug-likeness (QED) is 0.855. The van der Waals surface area contributed by atoms with E-state index in [2.05, 4.69) is 17.2 Å². The zero-order valence-corrected chi connectivity index (χ0v) is 15.6. The van der Waals surface area contributed by atoms with Crippen LogP contribution in [0.2, 0.25) is 0 Å². The fourth-order valence-electron chi connectivity index (χ4n) is 4.17. The average Bonchev–Trinajstić information content (AvgIpc) is 3.05. The van der Waals surface area contributed by atoms with Gasteiger partial charge in [-0.3, -0.25) is 0 Å². The first-order chi connectivity index (χ1) is 12.8. The second-order valence-corrected chi connectivity index (χ2v) is 7.88. The molecule has 1 saturated carbocycles. The molecular formula is C19H25F3N4O. The van der Waals surface area contributed by atoms with E-state index < -0.39 is 12.1 Å². The van der Waals surface area contributed by atoms with Gasteiger partial charge in [0.25, 0.3) is 0 Å². The maximum absolute atomic E-state index is 12.9. The molecule has 1 aliphatic heterocycles. The molecule has 2 fully saturated rings. The SMILES string of the molecule is Cc1cc([C@@H]2CN[C@H](C)CO2)n2nc([C@H]3CC[C@H](C(F)(F)F)CC3)cc2n1. The van der Waals surface area contributed by atoms with Gasteiger partial charge in [0.2, 0.25) is 0 Å². The van der Waals surface area contributed by atoms with Crippen LogP contribution in [0.15, 0.2) is 12.1 Å². The molecule has 27 heavy (non-hydrogen) atoms. The zero-order chi connectivity index (χ0) is 19.2. The Labute approximate surface area is 156 Å². The molecule has 5 nitrogen and oxygen atoms in total. The van der Waals surface area contributed by atoms with Gasteiger partial charge in [-0.25, -0.2) is 9.50 Å². The van der Waals surface area contributed by atoms with Gasteiger partial charge in [0.1, 0.15) is 6.10 Å². The molecule has 0 unspecified atom stereocenters. The lowest BCUT2D eigenvalue weighted by Crippen LogP contribution is -2.41. The highest BCUT2D eigenvalue weighted by molar-refractivity contribution is 5.43. The summed E-state index contributed by atoms with van der Waals surface area (Å²) in [5, 5.41) is 8.13. The van der Waals surface area contributed by atoms with Gasteiger partial charge in [-0.1, -0.05) is 0 Å². The Morgan fingerprint density at radius 1 is 1.19 bits per heavy atom. The van der Waals surface area contributed by atoms with Crippen molar-refractivity contribution in [3.8, 4) is 0 Å². The predicted octanol–water partition coefficient (Wildman–Crippen LogP) is 3.92. The highest BCUT2D eigenvalue weighted by atomic mass is 19.4. The van der Waals surface area contributed by atoms with Crippen LogP contribution in [0.3, 0.4) is 0 Å². The Kier molecular flexibility index (Phi) is 4.88. The van der Waals surface area contributed by atoms with Gasteiger partial charge in [-0.2, -0.15) is 18.3 Å². The second kappa shape index (κ2) is 7.05. The summed E-state index contributed by atoms with van der Waals surface area (Å²) in [6.45, 7) is 5.34. The summed E-state index contributed by atoms with van der Waals surface area (Å²) < 4.78 is 46.5. The van der Waals surface area contributed by atoms with Gasteiger partial charge in [-0.15, -0.1) is 0 Å². The summed E-state index contributed by atoms with van der Waals surface area (Å²) in [5.74, 6) is -1.12. The fourth-order valence-corrected chi connectivity index (χ4v) is 4.17. The summed E-state index contributed by atoms with van der Waals surface area (Å²) >= 11 is 0. The van der Waals surface area contributed by atoms with Crippen molar-refractivity contribution in [3.63, 3.8) is 0 Å². The van der Waals surface area contributed by atoms with Crippen LogP contribution in [0.5, 0.6) is 0 Å². The minimum atomic E-state index is -4.09. The summed E-state index contributed by atoms with van der Waals surface area (Å²) in [4.78, 5) is 4.56. The molecule has 0 amide bonds. The van der Waals surface area contributed by atoms with Crippen LogP contribution in [-0.2, 0) is 4.74 Å². The number of nitrogens with zero attached hydrogens (tertiary/aromatic N) is 3. The van der Waals surface area contributed by atoms with Crippen molar-refractivity contribution in [1.82, 2.24) is 19.9 Å². The van der Waals surface area contributed by atoms with E-state index in [4.69, 9.17) is 9.84 Å². The maximum Gasteiger partial charge on any atom is 0.391 e. The number of alkyl halides is 3. The maximum atomic E-state index is 12.9. The van der Waals surface area contributed by atoms with Gasteiger partial charge in [0.05, 0.1) is 23.9 Å². The summed E-state index contributed by atoms with van der Waals surface area (Å²) in [5.41, 5.74) is 3.39. The molecule has 3 heterocycles. The molecule has 1 saturated heterocycles. The Balaban J connectivity index is 1.58. The van der Waals surface area contributed by atoms with E-state index in [-0.39, 0.29) is 24.9 Å². The number of aromatic nitrogens is 3. The predicted molar refractivity (Wildman–Crippen MR) is 94.6 cm³/mol. The lowest BCUT2D eigenvalue weighted by molar-refractivity contribution is -0.182. The van der Waals surface area contributed by atoms with Gasteiger partial charge in [-0.05, 0) is 45.6 Å². The standard InChI is InChI=1S/C19H25F3N4O/c1-11-7-16(17-9-23-12(2)10-27-17)26-18(24-11)8-15(25-26)13-3-5-14(6-4-13)19(20,21)22/h7-8,12-14,17,23H,3-6,9-10H2,1-2H3/t12-,13-,14-,17+/m1/s1. The molecule has 1 N–H and O–H groups in total. The van der Waals surface area contributed by atoms with Crippen molar-refractivity contribution in [2.75, 3.05) is 13.2 Å². The number of morpholine rings is 1. The van der Waals surface area contributed by atoms with Gasteiger partial charge in [0, 0.05) is 30.3 Å². The fraction of sp³-hybridized carbons (Fsp3) is 0.684. The van der Waals surface area contributed by atoms with Gasteiger partial charge < -0.3 is 10.1 Å². The largest absolute Gasteiger partial charge is 0.391 e. The Hall–Kier alpha value is -1.67. The molecule has 0 aromatic carbocycles. The Morgan fingerprint density at radius 3 is 2.56 bits per heavy atom. The molecular weight excluding hydrogens is 357 g/mol. The third-order valence-corrected chi connectivity index (χ3v) is 5.74. The molecule has 4 rings (SSSR count). The first-order valence-electron chi connectivity index (χ1n) is 9.60. The van der Waals surface area contributed by atoms with E-state index >= 15 is 0 Å². The molecule has 2 aromatic heterocycles. The van der Waals surface area contributed by atoms with Crippen LogP contribution in [-0.4, -0.2) is 40.0 Å². The second-order valence-electron chi connectivity index (χ2n) is 7.88. The number of ether oxygens (including phenoxy) is 1. The number of nitrogens with one attached hydrogen (secondary N) is 1. The Morgan fingerprint density at radius 2 is 1.93 bits per heavy atom. The molecule has 0 radical (unpaired) electrons. The molecule has 2 atom stereocenters. The van der Waals surface area contributed by atoms with E-state index in [0.717, 1.165) is 22.7 Å². The third-order valence-electron chi connectivity index (χ3n) is 5.74. The van der Waals surface area contributed by atoms with E-state index in [1.54, 1.807) is 4.52 Å². The van der Waals surface area contributed by atoms with Crippen LogP contribution in [0.4, 0.5) is 13.2 Å². The number of rotatable bonds is 2. The minimum absolute atomic E-state index is 0.0591. The number of halogens is 3. The summed E-state index contributed by atoms with van der Waals surface area (Å²) in [6, 6.07) is 4.22. The van der Waals surface area contributed by atoms with Crippen molar-refractivity contribution in [3.05, 3.63) is 29.2 Å². The Bertz CT molecular complexity index is 803. The normalized spacial score (nSPS) is 30.0. The molecule has 1 aliphatic carbocycles.